The predicted molar refractivity (Wildman–Crippen MR) is 99.0 cm³/mol. The summed E-state index contributed by atoms with van der Waals surface area (Å²) in [4.78, 5) is 24.6. The fourth-order valence-corrected chi connectivity index (χ4v) is 3.51. The third-order valence-corrected chi connectivity index (χ3v) is 4.91. The summed E-state index contributed by atoms with van der Waals surface area (Å²) in [6, 6.07) is 9.10. The first-order valence-corrected chi connectivity index (χ1v) is 9.46. The number of rotatable bonds is 7. The molecule has 5 nitrogen and oxygen atoms in total. The molecule has 6 heteroatoms. The molecule has 1 aliphatic heterocycles. The number of para-hydroxylation sites is 1. The zero-order valence-electron chi connectivity index (χ0n) is 14.0. The summed E-state index contributed by atoms with van der Waals surface area (Å²) in [6.45, 7) is 1.26. The van der Waals surface area contributed by atoms with Crippen molar-refractivity contribution >= 4 is 28.8 Å². The Morgan fingerprint density at radius 3 is 2.88 bits per heavy atom. The lowest BCUT2D eigenvalue weighted by atomic mass is 10.1. The first-order valence-electron chi connectivity index (χ1n) is 8.52. The summed E-state index contributed by atoms with van der Waals surface area (Å²) in [5.41, 5.74) is 2.18. The average molecular weight is 358 g/mol. The zero-order valence-corrected chi connectivity index (χ0v) is 14.8. The van der Waals surface area contributed by atoms with Crippen LogP contribution in [0.15, 0.2) is 41.1 Å². The van der Waals surface area contributed by atoms with Crippen LogP contribution in [0.25, 0.3) is 0 Å². The molecule has 0 radical (unpaired) electrons. The smallest absolute Gasteiger partial charge is 0.253 e. The lowest BCUT2D eigenvalue weighted by Gasteiger charge is -2.13. The van der Waals surface area contributed by atoms with Crippen LogP contribution in [0.5, 0.6) is 0 Å². The van der Waals surface area contributed by atoms with E-state index in [1.165, 1.54) is 0 Å². The van der Waals surface area contributed by atoms with E-state index in [1.807, 2.05) is 22.9 Å². The normalized spacial score (nSPS) is 16.6. The Labute approximate surface area is 151 Å². The van der Waals surface area contributed by atoms with Gasteiger partial charge in [-0.3, -0.25) is 9.59 Å². The van der Waals surface area contributed by atoms with Crippen LogP contribution in [0.4, 0.5) is 5.69 Å². The van der Waals surface area contributed by atoms with Gasteiger partial charge in [-0.2, -0.15) is 11.3 Å². The van der Waals surface area contributed by atoms with Crippen molar-refractivity contribution in [3.8, 4) is 0 Å². The number of nitrogens with one attached hydrogen (secondary N) is 2. The molecule has 0 spiro atoms. The maximum Gasteiger partial charge on any atom is 0.253 e. The van der Waals surface area contributed by atoms with E-state index >= 15 is 0 Å². The van der Waals surface area contributed by atoms with E-state index in [2.05, 4.69) is 10.6 Å². The molecule has 2 amide bonds. The molecule has 1 fully saturated rings. The summed E-state index contributed by atoms with van der Waals surface area (Å²) in [6.07, 6.45) is 3.19. The molecule has 2 N–H and O–H groups in total. The Bertz CT molecular complexity index is 709. The lowest BCUT2D eigenvalue weighted by molar-refractivity contribution is -0.116. The van der Waals surface area contributed by atoms with Gasteiger partial charge in [-0.15, -0.1) is 0 Å². The quantitative estimate of drug-likeness (QED) is 0.798. The Hall–Kier alpha value is -2.18. The van der Waals surface area contributed by atoms with Gasteiger partial charge in [0.05, 0.1) is 17.4 Å². The maximum atomic E-state index is 12.4. The summed E-state index contributed by atoms with van der Waals surface area (Å²) < 4.78 is 5.52. The Balaban J connectivity index is 1.55. The second kappa shape index (κ2) is 8.78. The Kier molecular flexibility index (Phi) is 6.19. The largest absolute Gasteiger partial charge is 0.376 e. The molecule has 0 aliphatic carbocycles. The number of ether oxygens (including phenoxy) is 1. The number of anilines is 1. The van der Waals surface area contributed by atoms with Gasteiger partial charge in [0.2, 0.25) is 5.91 Å². The number of carbonyl (C=O) groups is 2. The number of thiophene rings is 1. The summed E-state index contributed by atoms with van der Waals surface area (Å²) in [5.74, 6) is -0.283. The highest BCUT2D eigenvalue weighted by atomic mass is 32.1. The topological polar surface area (TPSA) is 67.4 Å². The molecular weight excluding hydrogens is 336 g/mol. The molecule has 1 saturated heterocycles. The van der Waals surface area contributed by atoms with Crippen LogP contribution in [0.3, 0.4) is 0 Å². The Morgan fingerprint density at radius 2 is 2.12 bits per heavy atom. The first kappa shape index (κ1) is 17.6. The molecule has 1 atom stereocenters. The fourth-order valence-electron chi connectivity index (χ4n) is 2.80. The summed E-state index contributed by atoms with van der Waals surface area (Å²) in [7, 11) is 0. The van der Waals surface area contributed by atoms with Crippen LogP contribution >= 0.6 is 11.3 Å². The highest BCUT2D eigenvalue weighted by Gasteiger charge is 2.18. The summed E-state index contributed by atoms with van der Waals surface area (Å²) in [5, 5.41) is 9.79. The second-order valence-electron chi connectivity index (χ2n) is 6.07. The van der Waals surface area contributed by atoms with Gasteiger partial charge in [-0.25, -0.2) is 0 Å². The van der Waals surface area contributed by atoms with Crippen molar-refractivity contribution in [1.29, 1.82) is 0 Å². The van der Waals surface area contributed by atoms with Gasteiger partial charge in [-0.1, -0.05) is 12.1 Å². The van der Waals surface area contributed by atoms with Crippen LogP contribution in [-0.2, 0) is 16.0 Å². The molecule has 2 aromatic rings. The van der Waals surface area contributed by atoms with Gasteiger partial charge in [0.15, 0.2) is 0 Å². The van der Waals surface area contributed by atoms with Crippen molar-refractivity contribution in [2.45, 2.75) is 31.8 Å². The fraction of sp³-hybridized carbons (Fsp3) is 0.368. The minimum Gasteiger partial charge on any atom is -0.376 e. The van der Waals surface area contributed by atoms with Crippen molar-refractivity contribution in [2.75, 3.05) is 18.5 Å². The average Bonchev–Trinajstić information content (AvgIpc) is 3.32. The van der Waals surface area contributed by atoms with E-state index in [9.17, 15) is 9.59 Å². The molecule has 3 rings (SSSR count). The Morgan fingerprint density at radius 1 is 1.24 bits per heavy atom. The molecule has 1 unspecified atom stereocenters. The second-order valence-corrected chi connectivity index (χ2v) is 6.85. The number of hydrogen-bond acceptors (Lipinski definition) is 4. The van der Waals surface area contributed by atoms with Gasteiger partial charge in [0.1, 0.15) is 0 Å². The van der Waals surface area contributed by atoms with E-state index in [1.54, 1.807) is 29.5 Å². The zero-order chi connectivity index (χ0) is 17.5. The van der Waals surface area contributed by atoms with Crippen LogP contribution in [0, 0.1) is 0 Å². The van der Waals surface area contributed by atoms with E-state index in [0.717, 1.165) is 25.0 Å². The van der Waals surface area contributed by atoms with Crippen molar-refractivity contribution in [3.63, 3.8) is 0 Å². The van der Waals surface area contributed by atoms with Gasteiger partial charge < -0.3 is 15.4 Å². The van der Waals surface area contributed by atoms with Crippen LogP contribution in [0.1, 0.15) is 35.2 Å². The molecule has 1 aromatic heterocycles. The molecule has 1 aromatic carbocycles. The molecular formula is C19H22N2O3S. The van der Waals surface area contributed by atoms with Crippen LogP contribution in [0.2, 0.25) is 0 Å². The number of aryl methyl sites for hydroxylation is 1. The SMILES string of the molecule is O=C(CCc1ccsc1)Nc1ccccc1C(=O)NCC1CCCO1. The highest BCUT2D eigenvalue weighted by Crippen LogP contribution is 2.17. The third-order valence-electron chi connectivity index (χ3n) is 4.18. The molecule has 0 bridgehead atoms. The molecule has 25 heavy (non-hydrogen) atoms. The molecule has 1 aliphatic rings. The van der Waals surface area contributed by atoms with Gasteiger partial charge in [-0.05, 0) is 53.8 Å². The molecule has 0 saturated carbocycles. The van der Waals surface area contributed by atoms with Crippen molar-refractivity contribution in [2.24, 2.45) is 0 Å². The van der Waals surface area contributed by atoms with Crippen molar-refractivity contribution < 1.29 is 14.3 Å². The third kappa shape index (κ3) is 5.14. The van der Waals surface area contributed by atoms with Crippen LogP contribution < -0.4 is 10.6 Å². The number of benzene rings is 1. The van der Waals surface area contributed by atoms with E-state index < -0.39 is 0 Å². The maximum absolute atomic E-state index is 12.4. The number of hydrogen-bond donors (Lipinski definition) is 2. The number of amides is 2. The lowest BCUT2D eigenvalue weighted by Crippen LogP contribution is -2.32. The van der Waals surface area contributed by atoms with E-state index in [-0.39, 0.29) is 17.9 Å². The minimum atomic E-state index is -0.191. The molecule has 132 valence electrons. The van der Waals surface area contributed by atoms with Gasteiger partial charge in [0, 0.05) is 19.6 Å². The summed E-state index contributed by atoms with van der Waals surface area (Å²) >= 11 is 1.62. The highest BCUT2D eigenvalue weighted by molar-refractivity contribution is 7.07. The monoisotopic (exact) mass is 358 g/mol. The first-order chi connectivity index (χ1) is 12.2. The van der Waals surface area contributed by atoms with Crippen molar-refractivity contribution in [1.82, 2.24) is 5.32 Å². The minimum absolute atomic E-state index is 0.0921. The van der Waals surface area contributed by atoms with Crippen LogP contribution in [-0.4, -0.2) is 31.1 Å². The van der Waals surface area contributed by atoms with Gasteiger partial charge in [0.25, 0.3) is 5.91 Å². The molecule has 2 heterocycles. The van der Waals surface area contributed by atoms with E-state index in [0.29, 0.717) is 30.6 Å². The number of carbonyl (C=O) groups excluding carboxylic acids is 2. The predicted octanol–water partition coefficient (Wildman–Crippen LogP) is 3.23. The van der Waals surface area contributed by atoms with Gasteiger partial charge >= 0.3 is 0 Å². The standard InChI is InChI=1S/C19H22N2O3S/c22-18(8-7-14-9-11-25-13-14)21-17-6-2-1-5-16(17)19(23)20-12-15-4-3-10-24-15/h1-2,5-6,9,11,13,15H,3-4,7-8,10,12H2,(H,20,23)(H,21,22). The van der Waals surface area contributed by atoms with Crippen molar-refractivity contribution in [3.05, 3.63) is 52.2 Å². The van der Waals surface area contributed by atoms with E-state index in [4.69, 9.17) is 4.74 Å².